The Hall–Kier alpha value is -6.54. The van der Waals surface area contributed by atoms with Crippen molar-refractivity contribution in [3.63, 3.8) is 0 Å². The van der Waals surface area contributed by atoms with Crippen molar-refractivity contribution in [1.29, 1.82) is 0 Å². The second-order valence-corrected chi connectivity index (χ2v) is 26.2. The quantitative estimate of drug-likeness (QED) is 0.201. The molecule has 86 heavy (non-hydrogen) atoms. The van der Waals surface area contributed by atoms with E-state index in [1.54, 1.807) is 59.3 Å². The number of aliphatic hydroxyl groups excluding tert-OH is 1. The molecule has 9 atom stereocenters. The molecule has 3 rings (SSSR count). The van der Waals surface area contributed by atoms with Gasteiger partial charge in [0.15, 0.2) is 5.78 Å². The summed E-state index contributed by atoms with van der Waals surface area (Å²) in [7, 11) is 7.61. The Morgan fingerprint density at radius 2 is 1.20 bits per heavy atom. The van der Waals surface area contributed by atoms with E-state index in [9.17, 15) is 53.1 Å². The third kappa shape index (κ3) is 24.7. The number of aliphatic hydroxyl groups is 1. The molecule has 0 saturated carbocycles. The average Bonchev–Trinajstić information content (AvgIpc) is 3.07. The summed E-state index contributed by atoms with van der Waals surface area (Å²) in [5, 5.41) is 19.7. The Morgan fingerprint density at radius 1 is 0.616 bits per heavy atom. The highest BCUT2D eigenvalue weighted by molar-refractivity contribution is 5.94. The van der Waals surface area contributed by atoms with Gasteiger partial charge in [-0.1, -0.05) is 109 Å². The molecule has 0 aromatic heterocycles. The first-order chi connectivity index (χ1) is 40.2. The monoisotopic (exact) mass is 1200 g/mol. The van der Waals surface area contributed by atoms with Gasteiger partial charge in [-0.2, -0.15) is 0 Å². The van der Waals surface area contributed by atoms with Crippen molar-refractivity contribution in [2.75, 3.05) is 61.5 Å². The van der Waals surface area contributed by atoms with E-state index >= 15 is 0 Å². The number of likely N-dealkylation sites (N-methyl/N-ethyl adjacent to an activating group) is 4. The summed E-state index contributed by atoms with van der Waals surface area (Å²) in [4.78, 5) is 149. The Morgan fingerprint density at radius 3 is 1.74 bits per heavy atom. The van der Waals surface area contributed by atoms with Gasteiger partial charge in [0, 0.05) is 99.3 Å². The van der Waals surface area contributed by atoms with Gasteiger partial charge in [0.2, 0.25) is 47.3 Å². The summed E-state index contributed by atoms with van der Waals surface area (Å²) in [5.74, 6) is -6.77. The van der Waals surface area contributed by atoms with Crippen LogP contribution in [0.4, 0.5) is 0 Å². The number of nitrogens with one attached hydrogen (secondary N) is 3. The standard InChI is InChI=1S/C66H104N8O12/c1-42(2)31-50-38-59(80)72(14)54(32-43(3)4)56(77)28-27-52(46(8)75)64(84)73(15)55(37-48-25-21-18-22-26-48)62(82)68-40-60(81)74(16)61(44(5)6)63(83)67-39-49(35-47-23-19-17-20-24-47)36-51(76)33-45(7)34-58(79)70(12)30-29-57(78)69-53(65(85)71(50)13)41-86-66(9,10)11/h17-26,42-46,49-50,52-55,61,75H,27-41H2,1-16H3,(H,67,83)(H,68,82)(H,69,78)/t45-,46-,49+,50+,52?,53+,54+,55+,61+/m1/s1. The van der Waals surface area contributed by atoms with E-state index in [1.807, 2.05) is 91.8 Å². The zero-order valence-electron chi connectivity index (χ0n) is 54.5. The van der Waals surface area contributed by atoms with E-state index in [1.165, 1.54) is 45.5 Å². The number of amides is 8. The molecule has 0 radical (unpaired) electrons. The van der Waals surface area contributed by atoms with Crippen LogP contribution in [0.25, 0.3) is 0 Å². The highest BCUT2D eigenvalue weighted by atomic mass is 16.5. The van der Waals surface area contributed by atoms with Crippen molar-refractivity contribution in [3.05, 3.63) is 71.8 Å². The van der Waals surface area contributed by atoms with Gasteiger partial charge in [0.05, 0.1) is 36.8 Å². The maximum Gasteiger partial charge on any atom is 0.247 e. The van der Waals surface area contributed by atoms with Crippen LogP contribution in [-0.2, 0) is 65.5 Å². The number of hydrogen-bond acceptors (Lipinski definition) is 12. The van der Waals surface area contributed by atoms with Crippen molar-refractivity contribution in [1.82, 2.24) is 40.4 Å². The van der Waals surface area contributed by atoms with Crippen LogP contribution in [0.2, 0.25) is 0 Å². The van der Waals surface area contributed by atoms with Gasteiger partial charge in [0.1, 0.15) is 23.9 Å². The number of Topliss-reactive ketones (excluding diaryl/α,β-unsaturated/α-hetero) is 2. The lowest BCUT2D eigenvalue weighted by molar-refractivity contribution is -0.146. The molecular weight excluding hydrogens is 1100 g/mol. The van der Waals surface area contributed by atoms with E-state index in [0.29, 0.717) is 18.4 Å². The van der Waals surface area contributed by atoms with Crippen molar-refractivity contribution < 1.29 is 57.8 Å². The molecule has 0 aliphatic carbocycles. The highest BCUT2D eigenvalue weighted by Gasteiger charge is 2.38. The third-order valence-electron chi connectivity index (χ3n) is 16.1. The van der Waals surface area contributed by atoms with Crippen LogP contribution in [0, 0.1) is 35.5 Å². The van der Waals surface area contributed by atoms with Crippen LogP contribution in [-0.4, -0.2) is 192 Å². The minimum atomic E-state index is -1.27. The zero-order valence-corrected chi connectivity index (χ0v) is 54.5. The van der Waals surface area contributed by atoms with Crippen LogP contribution in [0.5, 0.6) is 0 Å². The van der Waals surface area contributed by atoms with Crippen molar-refractivity contribution >= 4 is 58.8 Å². The number of ether oxygens (including phenoxy) is 1. The van der Waals surface area contributed by atoms with Crippen molar-refractivity contribution in [3.8, 4) is 0 Å². The molecule has 0 bridgehead atoms. The molecule has 1 fully saturated rings. The molecule has 1 heterocycles. The second-order valence-electron chi connectivity index (χ2n) is 26.2. The highest BCUT2D eigenvalue weighted by Crippen LogP contribution is 2.25. The third-order valence-corrected chi connectivity index (χ3v) is 16.1. The fraction of sp³-hybridized carbons (Fsp3) is 0.667. The summed E-state index contributed by atoms with van der Waals surface area (Å²) in [5.41, 5.74) is 0.963. The SMILES string of the molecule is CC(C)C[C@H]1CC(=O)N(C)[C@@H](CC(C)C)C(=O)CCC([C@@H](C)O)C(=O)N(C)[C@@H](Cc2ccccc2)C(=O)NCC(=O)N(C)[C@@H](C(C)C)C(=O)NC[C@@H](Cc2ccccc2)CC(=O)C[C@@H](C)CC(=O)N(C)CCC(=O)N[C@@H](COC(C)(C)C)C(=O)N1C. The lowest BCUT2D eigenvalue weighted by atomic mass is 9.90. The molecule has 8 amide bonds. The van der Waals surface area contributed by atoms with E-state index in [0.717, 1.165) is 5.56 Å². The smallest absolute Gasteiger partial charge is 0.247 e. The number of rotatable bonds is 12. The minimum Gasteiger partial charge on any atom is -0.393 e. The molecule has 4 N–H and O–H groups in total. The molecule has 1 aliphatic rings. The summed E-state index contributed by atoms with van der Waals surface area (Å²) in [6.07, 6.45) is -0.548. The predicted molar refractivity (Wildman–Crippen MR) is 332 cm³/mol. The van der Waals surface area contributed by atoms with Gasteiger partial charge in [-0.05, 0) is 94.1 Å². The fourth-order valence-electron chi connectivity index (χ4n) is 11.0. The maximum absolute atomic E-state index is 14.6. The van der Waals surface area contributed by atoms with Crippen molar-refractivity contribution in [2.24, 2.45) is 35.5 Å². The lowest BCUT2D eigenvalue weighted by Gasteiger charge is -2.35. The molecule has 480 valence electrons. The maximum atomic E-state index is 14.6. The van der Waals surface area contributed by atoms with Crippen LogP contribution >= 0.6 is 0 Å². The predicted octanol–water partition coefficient (Wildman–Crippen LogP) is 5.65. The molecule has 1 saturated heterocycles. The van der Waals surface area contributed by atoms with Gasteiger partial charge in [-0.15, -0.1) is 0 Å². The average molecular weight is 1200 g/mol. The first-order valence-electron chi connectivity index (χ1n) is 30.8. The first-order valence-corrected chi connectivity index (χ1v) is 30.8. The normalized spacial score (nSPS) is 24.8. The van der Waals surface area contributed by atoms with Crippen LogP contribution in [0.15, 0.2) is 60.7 Å². The van der Waals surface area contributed by atoms with Crippen LogP contribution in [0.1, 0.15) is 145 Å². The lowest BCUT2D eigenvalue weighted by Crippen LogP contribution is -2.55. The van der Waals surface area contributed by atoms with Crippen molar-refractivity contribution in [2.45, 2.75) is 189 Å². The Balaban J connectivity index is 2.09. The van der Waals surface area contributed by atoms with Gasteiger partial charge in [-0.3, -0.25) is 47.9 Å². The number of hydrogen-bond donors (Lipinski definition) is 4. The summed E-state index contributed by atoms with van der Waals surface area (Å²) in [6.45, 7) is 19.5. The Kier molecular flexibility index (Phi) is 30.3. The van der Waals surface area contributed by atoms with E-state index < -0.39 is 95.7 Å². The van der Waals surface area contributed by atoms with Crippen LogP contribution < -0.4 is 16.0 Å². The minimum absolute atomic E-state index is 0.0168. The molecule has 20 heteroatoms. The Bertz CT molecular complexity index is 2550. The molecule has 1 unspecified atom stereocenters. The largest absolute Gasteiger partial charge is 0.393 e. The number of carbonyl (C=O) groups excluding carboxylic acids is 10. The van der Waals surface area contributed by atoms with E-state index in [-0.39, 0.29) is 125 Å². The van der Waals surface area contributed by atoms with Gasteiger partial charge in [0.25, 0.3) is 0 Å². The molecule has 2 aromatic rings. The fourth-order valence-corrected chi connectivity index (χ4v) is 11.0. The molecule has 20 nitrogen and oxygen atoms in total. The Labute approximate surface area is 512 Å². The zero-order chi connectivity index (χ0) is 64.7. The van der Waals surface area contributed by atoms with Gasteiger partial charge >= 0.3 is 0 Å². The summed E-state index contributed by atoms with van der Waals surface area (Å²) >= 11 is 0. The first kappa shape index (κ1) is 73.7. The van der Waals surface area contributed by atoms with Gasteiger partial charge in [-0.25, -0.2) is 0 Å². The number of nitrogens with zero attached hydrogens (tertiary/aromatic N) is 5. The number of ketones is 2. The number of benzene rings is 2. The topological polar surface area (TPSA) is 252 Å². The van der Waals surface area contributed by atoms with Crippen LogP contribution in [0.3, 0.4) is 0 Å². The number of carbonyl (C=O) groups is 10. The molecule has 1 aliphatic heterocycles. The van der Waals surface area contributed by atoms with E-state index in [4.69, 9.17) is 4.74 Å². The molecule has 2 aromatic carbocycles. The van der Waals surface area contributed by atoms with Gasteiger partial charge < -0.3 is 50.3 Å². The molecule has 0 spiro atoms. The van der Waals surface area contributed by atoms with E-state index in [2.05, 4.69) is 16.0 Å². The second kappa shape index (κ2) is 35.3. The molecular formula is C66H104N8O12. The summed E-state index contributed by atoms with van der Waals surface area (Å²) < 4.78 is 6.07. The summed E-state index contributed by atoms with van der Waals surface area (Å²) in [6, 6.07) is 13.6.